The third-order valence-corrected chi connectivity index (χ3v) is 4.99. The molecule has 0 spiro atoms. The largest absolute Gasteiger partial charge is 0.326 e. The van der Waals surface area contributed by atoms with Crippen molar-refractivity contribution in [1.29, 1.82) is 0 Å². The van der Waals surface area contributed by atoms with Crippen molar-refractivity contribution >= 4 is 23.2 Å². The van der Waals surface area contributed by atoms with Crippen molar-refractivity contribution in [3.8, 4) is 0 Å². The standard InChI is InChI=1S/C20H20N4O2/c21-19-15-7-6-12(17-8-9-18(25)24-23-17)10-13(15)11-16(19)20(26)22-14-4-2-1-3-5-14/h1-7,10,16,19H,8-9,11,21H2,(H,22,26)(H,24,25). The molecule has 1 aliphatic carbocycles. The molecule has 2 aromatic carbocycles. The molecule has 2 unspecified atom stereocenters. The molecule has 0 bridgehead atoms. The first kappa shape index (κ1) is 16.5. The summed E-state index contributed by atoms with van der Waals surface area (Å²) in [5, 5.41) is 7.08. The minimum absolute atomic E-state index is 0.0606. The number of carbonyl (C=O) groups excluding carboxylic acids is 2. The average molecular weight is 348 g/mol. The van der Waals surface area contributed by atoms with Gasteiger partial charge in [-0.25, -0.2) is 5.43 Å². The second-order valence-electron chi connectivity index (χ2n) is 6.70. The molecule has 4 N–H and O–H groups in total. The number of nitrogens with two attached hydrogens (primary N) is 1. The van der Waals surface area contributed by atoms with E-state index < -0.39 is 0 Å². The summed E-state index contributed by atoms with van der Waals surface area (Å²) in [4.78, 5) is 23.9. The summed E-state index contributed by atoms with van der Waals surface area (Å²) < 4.78 is 0. The van der Waals surface area contributed by atoms with Gasteiger partial charge in [-0.2, -0.15) is 5.10 Å². The summed E-state index contributed by atoms with van der Waals surface area (Å²) in [5.41, 5.74) is 13.5. The molecule has 0 saturated heterocycles. The lowest BCUT2D eigenvalue weighted by molar-refractivity contribution is -0.121. The van der Waals surface area contributed by atoms with Gasteiger partial charge in [-0.05, 0) is 41.3 Å². The number of nitrogens with zero attached hydrogens (tertiary/aromatic N) is 1. The molecule has 2 atom stereocenters. The van der Waals surface area contributed by atoms with Crippen LogP contribution in [0, 0.1) is 5.92 Å². The van der Waals surface area contributed by atoms with Crippen LogP contribution in [0.4, 0.5) is 5.69 Å². The van der Waals surface area contributed by atoms with E-state index in [0.717, 1.165) is 28.1 Å². The SMILES string of the molecule is NC1c2ccc(C3=NNC(=O)CC3)cc2CC1C(=O)Nc1ccccc1. The number of carbonyl (C=O) groups is 2. The Labute approximate surface area is 151 Å². The van der Waals surface area contributed by atoms with Crippen molar-refractivity contribution in [2.24, 2.45) is 16.8 Å². The van der Waals surface area contributed by atoms with E-state index in [1.807, 2.05) is 48.5 Å². The Bertz CT molecular complexity index is 892. The molecule has 132 valence electrons. The van der Waals surface area contributed by atoms with Crippen molar-refractivity contribution in [2.75, 3.05) is 5.32 Å². The van der Waals surface area contributed by atoms with E-state index in [9.17, 15) is 9.59 Å². The average Bonchev–Trinajstić information content (AvgIpc) is 2.99. The molecule has 2 aliphatic rings. The van der Waals surface area contributed by atoms with Gasteiger partial charge < -0.3 is 11.1 Å². The highest BCUT2D eigenvalue weighted by molar-refractivity contribution is 6.04. The highest BCUT2D eigenvalue weighted by atomic mass is 16.2. The number of hydrazone groups is 1. The van der Waals surface area contributed by atoms with Gasteiger partial charge in [0.25, 0.3) is 0 Å². The Morgan fingerprint density at radius 1 is 1.15 bits per heavy atom. The van der Waals surface area contributed by atoms with E-state index in [1.54, 1.807) is 0 Å². The fraction of sp³-hybridized carbons (Fsp3) is 0.250. The molecule has 4 rings (SSSR count). The van der Waals surface area contributed by atoms with Crippen molar-refractivity contribution < 1.29 is 9.59 Å². The van der Waals surface area contributed by atoms with Gasteiger partial charge in [-0.1, -0.05) is 30.3 Å². The zero-order valence-electron chi connectivity index (χ0n) is 14.2. The van der Waals surface area contributed by atoms with E-state index in [-0.39, 0.29) is 23.8 Å². The summed E-state index contributed by atoms with van der Waals surface area (Å²) >= 11 is 0. The van der Waals surface area contributed by atoms with Gasteiger partial charge in [0.15, 0.2) is 0 Å². The minimum Gasteiger partial charge on any atom is -0.326 e. The quantitative estimate of drug-likeness (QED) is 0.792. The first-order valence-electron chi connectivity index (χ1n) is 8.72. The van der Waals surface area contributed by atoms with Gasteiger partial charge in [-0.3, -0.25) is 9.59 Å². The second kappa shape index (κ2) is 6.72. The summed E-state index contributed by atoms with van der Waals surface area (Å²) in [6.45, 7) is 0. The molecule has 2 aromatic rings. The first-order chi connectivity index (χ1) is 12.6. The van der Waals surface area contributed by atoms with Gasteiger partial charge in [0.05, 0.1) is 11.6 Å². The Kier molecular flexibility index (Phi) is 4.26. The van der Waals surface area contributed by atoms with Crippen LogP contribution in [0.3, 0.4) is 0 Å². The van der Waals surface area contributed by atoms with Crippen LogP contribution in [-0.4, -0.2) is 17.5 Å². The third-order valence-electron chi connectivity index (χ3n) is 4.99. The van der Waals surface area contributed by atoms with Gasteiger partial charge >= 0.3 is 0 Å². The maximum Gasteiger partial charge on any atom is 0.240 e. The summed E-state index contributed by atoms with van der Waals surface area (Å²) in [6, 6.07) is 15.1. The predicted molar refractivity (Wildman–Crippen MR) is 99.5 cm³/mol. The Morgan fingerprint density at radius 3 is 2.69 bits per heavy atom. The van der Waals surface area contributed by atoms with Crippen molar-refractivity contribution in [3.63, 3.8) is 0 Å². The molecule has 6 heteroatoms. The highest BCUT2D eigenvalue weighted by Crippen LogP contribution is 2.36. The molecule has 26 heavy (non-hydrogen) atoms. The number of para-hydroxylation sites is 1. The molecule has 0 saturated carbocycles. The number of hydrogen-bond acceptors (Lipinski definition) is 4. The molecule has 1 aliphatic heterocycles. The van der Waals surface area contributed by atoms with Crippen LogP contribution < -0.4 is 16.5 Å². The van der Waals surface area contributed by atoms with Crippen molar-refractivity contribution in [1.82, 2.24) is 5.43 Å². The number of rotatable bonds is 3. The maximum absolute atomic E-state index is 12.7. The number of nitrogens with one attached hydrogen (secondary N) is 2. The Balaban J connectivity index is 1.53. The lowest BCUT2D eigenvalue weighted by atomic mass is 9.99. The monoisotopic (exact) mass is 348 g/mol. The second-order valence-corrected chi connectivity index (χ2v) is 6.70. The van der Waals surface area contributed by atoms with E-state index in [2.05, 4.69) is 15.8 Å². The van der Waals surface area contributed by atoms with E-state index in [1.165, 1.54) is 0 Å². The van der Waals surface area contributed by atoms with Crippen molar-refractivity contribution in [2.45, 2.75) is 25.3 Å². The van der Waals surface area contributed by atoms with Crippen LogP contribution in [0.5, 0.6) is 0 Å². The maximum atomic E-state index is 12.7. The van der Waals surface area contributed by atoms with Crippen LogP contribution in [0.15, 0.2) is 53.6 Å². The van der Waals surface area contributed by atoms with Gasteiger partial charge in [-0.15, -0.1) is 0 Å². The van der Waals surface area contributed by atoms with E-state index in [4.69, 9.17) is 5.73 Å². The first-order valence-corrected chi connectivity index (χ1v) is 8.72. The fourth-order valence-electron chi connectivity index (χ4n) is 3.56. The van der Waals surface area contributed by atoms with E-state index in [0.29, 0.717) is 19.3 Å². The van der Waals surface area contributed by atoms with Crippen LogP contribution in [0.1, 0.15) is 35.6 Å². The summed E-state index contributed by atoms with van der Waals surface area (Å²) in [5.74, 6) is -0.424. The third kappa shape index (κ3) is 3.11. The van der Waals surface area contributed by atoms with Crippen LogP contribution >= 0.6 is 0 Å². The molecule has 0 fully saturated rings. The Morgan fingerprint density at radius 2 is 1.96 bits per heavy atom. The summed E-state index contributed by atoms with van der Waals surface area (Å²) in [7, 11) is 0. The number of anilines is 1. The number of benzene rings is 2. The number of amides is 2. The zero-order chi connectivity index (χ0) is 18.1. The van der Waals surface area contributed by atoms with Gasteiger partial charge in [0.2, 0.25) is 11.8 Å². The zero-order valence-corrected chi connectivity index (χ0v) is 14.2. The van der Waals surface area contributed by atoms with Gasteiger partial charge in [0, 0.05) is 24.6 Å². The van der Waals surface area contributed by atoms with Gasteiger partial charge in [0.1, 0.15) is 0 Å². The van der Waals surface area contributed by atoms with Crippen molar-refractivity contribution in [3.05, 3.63) is 65.2 Å². The van der Waals surface area contributed by atoms with Crippen LogP contribution in [0.2, 0.25) is 0 Å². The molecule has 1 heterocycles. The lowest BCUT2D eigenvalue weighted by Gasteiger charge is -2.16. The molecular formula is C20H20N4O2. The molecular weight excluding hydrogens is 328 g/mol. The molecule has 0 radical (unpaired) electrons. The highest BCUT2D eigenvalue weighted by Gasteiger charge is 2.35. The molecule has 2 amide bonds. The number of fused-ring (bicyclic) bond motifs is 1. The lowest BCUT2D eigenvalue weighted by Crippen LogP contribution is -2.30. The molecule has 0 aromatic heterocycles. The topological polar surface area (TPSA) is 96.6 Å². The molecule has 6 nitrogen and oxygen atoms in total. The Hall–Kier alpha value is -2.99. The normalized spacial score (nSPS) is 21.6. The predicted octanol–water partition coefficient (Wildman–Crippen LogP) is 2.11. The summed E-state index contributed by atoms with van der Waals surface area (Å²) in [6.07, 6.45) is 1.66. The smallest absolute Gasteiger partial charge is 0.240 e. The van der Waals surface area contributed by atoms with Crippen LogP contribution in [-0.2, 0) is 16.0 Å². The minimum atomic E-state index is -0.323. The number of hydrogen-bond donors (Lipinski definition) is 3. The fourth-order valence-corrected chi connectivity index (χ4v) is 3.56. The van der Waals surface area contributed by atoms with Crippen LogP contribution in [0.25, 0.3) is 0 Å². The van der Waals surface area contributed by atoms with E-state index >= 15 is 0 Å².